The summed E-state index contributed by atoms with van der Waals surface area (Å²) in [7, 11) is 0. The number of aliphatic hydroxyl groups is 2. The molecule has 0 radical (unpaired) electrons. The fraction of sp³-hybridized carbons (Fsp3) is 0.500. The third-order valence-corrected chi connectivity index (χ3v) is 2.75. The second kappa shape index (κ2) is 4.51. The zero-order valence-electron chi connectivity index (χ0n) is 9.17. The topological polar surface area (TPSA) is 58.9 Å². The standard InChI is InChI=1S/C12H16O4/c1-12(14)8-15-11(16-10(12)7-13)9-5-3-2-4-6-9/h2-6,10-11,13-14H,7-8H2,1H3/t10-,11-,12+/m1/s1. The predicted molar refractivity (Wildman–Crippen MR) is 57.7 cm³/mol. The largest absolute Gasteiger partial charge is 0.394 e. The van der Waals surface area contributed by atoms with Crippen molar-refractivity contribution in [2.24, 2.45) is 0 Å². The summed E-state index contributed by atoms with van der Waals surface area (Å²) in [5.41, 5.74) is -0.253. The Hall–Kier alpha value is -0.940. The maximum absolute atomic E-state index is 9.89. The molecular formula is C12H16O4. The normalized spacial score (nSPS) is 34.9. The van der Waals surface area contributed by atoms with Crippen molar-refractivity contribution in [2.75, 3.05) is 13.2 Å². The van der Waals surface area contributed by atoms with E-state index in [1.54, 1.807) is 6.92 Å². The van der Waals surface area contributed by atoms with Crippen molar-refractivity contribution in [3.63, 3.8) is 0 Å². The second-order valence-corrected chi connectivity index (χ2v) is 4.22. The lowest BCUT2D eigenvalue weighted by atomic mass is 9.99. The first-order valence-corrected chi connectivity index (χ1v) is 5.29. The molecule has 1 aliphatic rings. The van der Waals surface area contributed by atoms with Gasteiger partial charge in [0.15, 0.2) is 6.29 Å². The second-order valence-electron chi connectivity index (χ2n) is 4.22. The zero-order valence-corrected chi connectivity index (χ0v) is 9.17. The molecule has 0 spiro atoms. The molecule has 0 unspecified atom stereocenters. The van der Waals surface area contributed by atoms with Gasteiger partial charge in [0.05, 0.1) is 13.2 Å². The summed E-state index contributed by atoms with van der Waals surface area (Å²) >= 11 is 0. The van der Waals surface area contributed by atoms with Crippen LogP contribution in [0.2, 0.25) is 0 Å². The highest BCUT2D eigenvalue weighted by Crippen LogP contribution is 2.30. The lowest BCUT2D eigenvalue weighted by molar-refractivity contribution is -0.294. The zero-order chi connectivity index (χ0) is 11.6. The molecule has 1 aliphatic heterocycles. The first kappa shape index (κ1) is 11.5. The van der Waals surface area contributed by atoms with E-state index in [4.69, 9.17) is 14.6 Å². The van der Waals surface area contributed by atoms with Crippen LogP contribution in [0.5, 0.6) is 0 Å². The Morgan fingerprint density at radius 1 is 1.38 bits per heavy atom. The lowest BCUT2D eigenvalue weighted by Gasteiger charge is -2.39. The highest BCUT2D eigenvalue weighted by atomic mass is 16.7. The van der Waals surface area contributed by atoms with E-state index in [9.17, 15) is 5.11 Å². The van der Waals surface area contributed by atoms with Crippen molar-refractivity contribution in [1.29, 1.82) is 0 Å². The summed E-state index contributed by atoms with van der Waals surface area (Å²) in [6.45, 7) is 1.52. The van der Waals surface area contributed by atoms with Crippen LogP contribution in [0.3, 0.4) is 0 Å². The fourth-order valence-corrected chi connectivity index (χ4v) is 1.70. The van der Waals surface area contributed by atoms with E-state index in [0.717, 1.165) is 5.56 Å². The van der Waals surface area contributed by atoms with Crippen LogP contribution in [0.1, 0.15) is 18.8 Å². The van der Waals surface area contributed by atoms with Crippen LogP contribution in [0.25, 0.3) is 0 Å². The molecule has 0 amide bonds. The first-order chi connectivity index (χ1) is 7.63. The number of ether oxygens (including phenoxy) is 2. The van der Waals surface area contributed by atoms with E-state index in [0.29, 0.717) is 0 Å². The summed E-state index contributed by atoms with van der Waals surface area (Å²) in [6.07, 6.45) is -1.13. The third kappa shape index (κ3) is 2.25. The van der Waals surface area contributed by atoms with Crippen LogP contribution in [-0.4, -0.2) is 35.1 Å². The molecule has 1 heterocycles. The van der Waals surface area contributed by atoms with Gasteiger partial charge < -0.3 is 19.7 Å². The number of aliphatic hydroxyl groups excluding tert-OH is 1. The Labute approximate surface area is 94.4 Å². The van der Waals surface area contributed by atoms with Gasteiger partial charge in [-0.05, 0) is 6.92 Å². The van der Waals surface area contributed by atoms with E-state index in [1.165, 1.54) is 0 Å². The van der Waals surface area contributed by atoms with E-state index in [1.807, 2.05) is 30.3 Å². The SMILES string of the molecule is C[C@]1(O)CO[C@@H](c2ccccc2)O[C@@H]1CO. The van der Waals surface area contributed by atoms with Crippen molar-refractivity contribution in [3.8, 4) is 0 Å². The number of hydrogen-bond donors (Lipinski definition) is 2. The molecule has 2 rings (SSSR count). The highest BCUT2D eigenvalue weighted by molar-refractivity contribution is 5.16. The quantitative estimate of drug-likeness (QED) is 0.781. The summed E-state index contributed by atoms with van der Waals surface area (Å²) < 4.78 is 10.9. The van der Waals surface area contributed by atoms with Gasteiger partial charge in [-0.15, -0.1) is 0 Å². The Kier molecular flexibility index (Phi) is 3.25. The van der Waals surface area contributed by atoms with Gasteiger partial charge in [0.1, 0.15) is 11.7 Å². The molecule has 0 aliphatic carbocycles. The van der Waals surface area contributed by atoms with Crippen molar-refractivity contribution < 1.29 is 19.7 Å². The average molecular weight is 224 g/mol. The molecule has 0 bridgehead atoms. The molecule has 1 fully saturated rings. The molecule has 4 heteroatoms. The maximum atomic E-state index is 9.89. The average Bonchev–Trinajstić information content (AvgIpc) is 2.30. The van der Waals surface area contributed by atoms with Gasteiger partial charge in [0, 0.05) is 5.56 Å². The van der Waals surface area contributed by atoms with Crippen LogP contribution in [0.4, 0.5) is 0 Å². The van der Waals surface area contributed by atoms with Gasteiger partial charge in [-0.25, -0.2) is 0 Å². The number of rotatable bonds is 2. The monoisotopic (exact) mass is 224 g/mol. The fourth-order valence-electron chi connectivity index (χ4n) is 1.70. The maximum Gasteiger partial charge on any atom is 0.184 e. The van der Waals surface area contributed by atoms with E-state index in [2.05, 4.69) is 0 Å². The van der Waals surface area contributed by atoms with Gasteiger partial charge >= 0.3 is 0 Å². The van der Waals surface area contributed by atoms with Crippen molar-refractivity contribution in [3.05, 3.63) is 35.9 Å². The minimum Gasteiger partial charge on any atom is -0.394 e. The Balaban J connectivity index is 2.11. The molecule has 0 aromatic heterocycles. The molecule has 4 nitrogen and oxygen atoms in total. The third-order valence-electron chi connectivity index (χ3n) is 2.75. The summed E-state index contributed by atoms with van der Waals surface area (Å²) in [5.74, 6) is 0. The Bertz CT molecular complexity index is 336. The van der Waals surface area contributed by atoms with E-state index >= 15 is 0 Å². The highest BCUT2D eigenvalue weighted by Gasteiger charge is 2.40. The molecule has 3 atom stereocenters. The number of benzene rings is 1. The van der Waals surface area contributed by atoms with Gasteiger partial charge in [-0.1, -0.05) is 30.3 Å². The molecule has 16 heavy (non-hydrogen) atoms. The van der Waals surface area contributed by atoms with Gasteiger partial charge in [0.2, 0.25) is 0 Å². The minimum atomic E-state index is -1.14. The molecule has 88 valence electrons. The van der Waals surface area contributed by atoms with Crippen LogP contribution in [0, 0.1) is 0 Å². The predicted octanol–water partition coefficient (Wildman–Crippen LogP) is 0.844. The molecule has 1 saturated heterocycles. The van der Waals surface area contributed by atoms with Gasteiger partial charge in [-0.2, -0.15) is 0 Å². The van der Waals surface area contributed by atoms with Gasteiger partial charge in [-0.3, -0.25) is 0 Å². The molecule has 2 N–H and O–H groups in total. The molecular weight excluding hydrogens is 208 g/mol. The number of hydrogen-bond acceptors (Lipinski definition) is 4. The smallest absolute Gasteiger partial charge is 0.184 e. The van der Waals surface area contributed by atoms with E-state index in [-0.39, 0.29) is 13.2 Å². The Morgan fingerprint density at radius 3 is 2.69 bits per heavy atom. The lowest BCUT2D eigenvalue weighted by Crippen LogP contribution is -2.52. The van der Waals surface area contributed by atoms with Crippen LogP contribution >= 0.6 is 0 Å². The molecule has 0 saturated carbocycles. The van der Waals surface area contributed by atoms with Crippen LogP contribution in [-0.2, 0) is 9.47 Å². The van der Waals surface area contributed by atoms with Crippen molar-refractivity contribution >= 4 is 0 Å². The van der Waals surface area contributed by atoms with Crippen LogP contribution in [0.15, 0.2) is 30.3 Å². The summed E-state index contributed by atoms with van der Waals surface area (Å²) in [4.78, 5) is 0. The summed E-state index contributed by atoms with van der Waals surface area (Å²) in [5, 5.41) is 19.0. The van der Waals surface area contributed by atoms with Crippen molar-refractivity contribution in [1.82, 2.24) is 0 Å². The molecule has 1 aromatic rings. The first-order valence-electron chi connectivity index (χ1n) is 5.29. The Morgan fingerprint density at radius 2 is 2.06 bits per heavy atom. The minimum absolute atomic E-state index is 0.151. The van der Waals surface area contributed by atoms with Crippen LogP contribution < -0.4 is 0 Å². The molecule has 1 aromatic carbocycles. The van der Waals surface area contributed by atoms with Crippen molar-refractivity contribution in [2.45, 2.75) is 24.9 Å². The van der Waals surface area contributed by atoms with E-state index < -0.39 is 18.0 Å². The van der Waals surface area contributed by atoms with Gasteiger partial charge in [0.25, 0.3) is 0 Å². The summed E-state index contributed by atoms with van der Waals surface area (Å²) in [6, 6.07) is 9.47.